The molecule has 0 aliphatic rings. The molecule has 0 aliphatic heterocycles. The molecule has 0 radical (unpaired) electrons. The summed E-state index contributed by atoms with van der Waals surface area (Å²) in [7, 11) is 0. The monoisotopic (exact) mass is 252 g/mol. The summed E-state index contributed by atoms with van der Waals surface area (Å²) in [5, 5.41) is 8.74. The van der Waals surface area contributed by atoms with Gasteiger partial charge in [0.2, 0.25) is 5.88 Å². The van der Waals surface area contributed by atoms with Crippen molar-refractivity contribution >= 4 is 0 Å². The normalized spacial score (nSPS) is 11.6. The zero-order chi connectivity index (χ0) is 13.7. The van der Waals surface area contributed by atoms with Gasteiger partial charge in [0.1, 0.15) is 11.8 Å². The van der Waals surface area contributed by atoms with Gasteiger partial charge in [-0.25, -0.2) is 4.98 Å². The van der Waals surface area contributed by atoms with Crippen molar-refractivity contribution in [3.63, 3.8) is 0 Å². The number of hydrogen-bond donors (Lipinski definition) is 0. The highest BCUT2D eigenvalue weighted by atomic mass is 16.5. The standard InChI is InChI=1S/C16H16N2O/c1-3-12(2)14-6-4-5-7-15(14)19-16-9-8-13(10-17)11-18-16/h4-9,11-12H,3H2,1-2H3. The molecular weight excluding hydrogens is 236 g/mol. The van der Waals surface area contributed by atoms with Crippen LogP contribution in [0, 0.1) is 11.3 Å². The number of ether oxygens (including phenoxy) is 1. The molecule has 1 heterocycles. The van der Waals surface area contributed by atoms with Crippen molar-refractivity contribution < 1.29 is 4.74 Å². The van der Waals surface area contributed by atoms with Crippen LogP contribution in [0.25, 0.3) is 0 Å². The van der Waals surface area contributed by atoms with Crippen molar-refractivity contribution in [2.75, 3.05) is 0 Å². The average Bonchev–Trinajstić information content (AvgIpc) is 2.48. The lowest BCUT2D eigenvalue weighted by atomic mass is 9.98. The number of pyridine rings is 1. The minimum Gasteiger partial charge on any atom is -0.439 e. The summed E-state index contributed by atoms with van der Waals surface area (Å²) >= 11 is 0. The number of rotatable bonds is 4. The molecule has 1 unspecified atom stereocenters. The fourth-order valence-corrected chi connectivity index (χ4v) is 1.82. The highest BCUT2D eigenvalue weighted by Gasteiger charge is 2.10. The van der Waals surface area contributed by atoms with Crippen LogP contribution in [0.1, 0.15) is 37.3 Å². The summed E-state index contributed by atoms with van der Waals surface area (Å²) in [6, 6.07) is 13.4. The molecule has 0 amide bonds. The third-order valence-corrected chi connectivity index (χ3v) is 3.14. The highest BCUT2D eigenvalue weighted by molar-refractivity contribution is 5.39. The van der Waals surface area contributed by atoms with Crippen LogP contribution in [-0.2, 0) is 0 Å². The Kier molecular flexibility index (Phi) is 4.15. The lowest BCUT2D eigenvalue weighted by molar-refractivity contribution is 0.452. The Hall–Kier alpha value is -2.34. The quantitative estimate of drug-likeness (QED) is 0.816. The van der Waals surface area contributed by atoms with Crippen LogP contribution in [0.4, 0.5) is 0 Å². The van der Waals surface area contributed by atoms with Crippen LogP contribution in [0.2, 0.25) is 0 Å². The van der Waals surface area contributed by atoms with E-state index in [0.29, 0.717) is 17.4 Å². The first kappa shape index (κ1) is 13.1. The Bertz CT molecular complexity index is 584. The molecule has 1 aromatic carbocycles. The van der Waals surface area contributed by atoms with Gasteiger partial charge in [-0.2, -0.15) is 5.26 Å². The molecule has 0 fully saturated rings. The summed E-state index contributed by atoms with van der Waals surface area (Å²) in [5.41, 5.74) is 1.71. The number of para-hydroxylation sites is 1. The third-order valence-electron chi connectivity index (χ3n) is 3.14. The third kappa shape index (κ3) is 3.11. The zero-order valence-electron chi connectivity index (χ0n) is 11.1. The molecule has 0 N–H and O–H groups in total. The molecule has 2 rings (SSSR count). The maximum atomic E-state index is 8.74. The number of hydrogen-bond acceptors (Lipinski definition) is 3. The number of benzene rings is 1. The van der Waals surface area contributed by atoms with Crippen molar-refractivity contribution in [1.29, 1.82) is 5.26 Å². The largest absolute Gasteiger partial charge is 0.439 e. The summed E-state index contributed by atoms with van der Waals surface area (Å²) in [6.07, 6.45) is 2.57. The van der Waals surface area contributed by atoms with Gasteiger partial charge in [0.05, 0.1) is 5.56 Å². The van der Waals surface area contributed by atoms with Crippen molar-refractivity contribution in [3.8, 4) is 17.7 Å². The van der Waals surface area contributed by atoms with E-state index in [4.69, 9.17) is 10.00 Å². The maximum absolute atomic E-state index is 8.74. The van der Waals surface area contributed by atoms with E-state index < -0.39 is 0 Å². The van der Waals surface area contributed by atoms with Crippen LogP contribution in [-0.4, -0.2) is 4.98 Å². The van der Waals surface area contributed by atoms with E-state index in [9.17, 15) is 0 Å². The molecule has 0 saturated heterocycles. The Morgan fingerprint density at radius 2 is 2.05 bits per heavy atom. The van der Waals surface area contributed by atoms with E-state index >= 15 is 0 Å². The fourth-order valence-electron chi connectivity index (χ4n) is 1.82. The molecule has 1 aromatic heterocycles. The van der Waals surface area contributed by atoms with E-state index in [0.717, 1.165) is 12.2 Å². The van der Waals surface area contributed by atoms with Gasteiger partial charge in [-0.3, -0.25) is 0 Å². The Balaban J connectivity index is 2.25. The summed E-state index contributed by atoms with van der Waals surface area (Å²) in [5.74, 6) is 1.78. The molecule has 19 heavy (non-hydrogen) atoms. The molecule has 3 nitrogen and oxygen atoms in total. The van der Waals surface area contributed by atoms with E-state index in [-0.39, 0.29) is 0 Å². The average molecular weight is 252 g/mol. The smallest absolute Gasteiger partial charge is 0.219 e. The Morgan fingerprint density at radius 3 is 2.68 bits per heavy atom. The van der Waals surface area contributed by atoms with E-state index in [1.54, 1.807) is 12.1 Å². The Labute approximate surface area is 113 Å². The predicted octanol–water partition coefficient (Wildman–Crippen LogP) is 4.26. The summed E-state index contributed by atoms with van der Waals surface area (Å²) < 4.78 is 5.81. The Morgan fingerprint density at radius 1 is 1.26 bits per heavy atom. The first-order valence-corrected chi connectivity index (χ1v) is 6.37. The molecule has 1 atom stereocenters. The van der Waals surface area contributed by atoms with Crippen molar-refractivity contribution in [2.24, 2.45) is 0 Å². The van der Waals surface area contributed by atoms with Crippen LogP contribution in [0.15, 0.2) is 42.6 Å². The van der Waals surface area contributed by atoms with Crippen LogP contribution < -0.4 is 4.74 Å². The molecule has 96 valence electrons. The maximum Gasteiger partial charge on any atom is 0.219 e. The molecule has 0 spiro atoms. The summed E-state index contributed by atoms with van der Waals surface area (Å²) in [6.45, 7) is 4.33. The molecule has 0 bridgehead atoms. The second-order valence-electron chi connectivity index (χ2n) is 4.45. The highest BCUT2D eigenvalue weighted by Crippen LogP contribution is 2.31. The van der Waals surface area contributed by atoms with Gasteiger partial charge in [0, 0.05) is 12.3 Å². The van der Waals surface area contributed by atoms with Crippen LogP contribution >= 0.6 is 0 Å². The zero-order valence-corrected chi connectivity index (χ0v) is 11.1. The molecule has 3 heteroatoms. The molecule has 0 aliphatic carbocycles. The second kappa shape index (κ2) is 6.01. The minimum atomic E-state index is 0.439. The summed E-state index contributed by atoms with van der Waals surface area (Å²) in [4.78, 5) is 4.13. The minimum absolute atomic E-state index is 0.439. The first-order valence-electron chi connectivity index (χ1n) is 6.37. The number of nitriles is 1. The van der Waals surface area contributed by atoms with E-state index in [2.05, 4.69) is 24.9 Å². The SMILES string of the molecule is CCC(C)c1ccccc1Oc1ccc(C#N)cn1. The number of aromatic nitrogens is 1. The van der Waals surface area contributed by atoms with Gasteiger partial charge in [-0.1, -0.05) is 32.0 Å². The van der Waals surface area contributed by atoms with Crippen molar-refractivity contribution in [1.82, 2.24) is 4.98 Å². The van der Waals surface area contributed by atoms with Gasteiger partial charge in [0.25, 0.3) is 0 Å². The van der Waals surface area contributed by atoms with Gasteiger partial charge in [-0.15, -0.1) is 0 Å². The molecule has 2 aromatic rings. The van der Waals surface area contributed by atoms with Gasteiger partial charge < -0.3 is 4.74 Å². The van der Waals surface area contributed by atoms with Crippen molar-refractivity contribution in [3.05, 3.63) is 53.7 Å². The first-order chi connectivity index (χ1) is 9.24. The van der Waals surface area contributed by atoms with Gasteiger partial charge in [-0.05, 0) is 30.0 Å². The molecular formula is C16H16N2O. The van der Waals surface area contributed by atoms with Crippen LogP contribution in [0.5, 0.6) is 11.6 Å². The second-order valence-corrected chi connectivity index (χ2v) is 4.45. The van der Waals surface area contributed by atoms with Crippen LogP contribution in [0.3, 0.4) is 0 Å². The van der Waals surface area contributed by atoms with Gasteiger partial charge in [0.15, 0.2) is 0 Å². The fraction of sp³-hybridized carbons (Fsp3) is 0.250. The van der Waals surface area contributed by atoms with E-state index in [1.165, 1.54) is 11.8 Å². The molecule has 0 saturated carbocycles. The lowest BCUT2D eigenvalue weighted by Gasteiger charge is -2.14. The van der Waals surface area contributed by atoms with Gasteiger partial charge >= 0.3 is 0 Å². The predicted molar refractivity (Wildman–Crippen MR) is 74.2 cm³/mol. The topological polar surface area (TPSA) is 45.9 Å². The number of nitrogens with zero attached hydrogens (tertiary/aromatic N) is 2. The van der Waals surface area contributed by atoms with Crippen molar-refractivity contribution in [2.45, 2.75) is 26.2 Å². The van der Waals surface area contributed by atoms with E-state index in [1.807, 2.05) is 24.3 Å². The lowest BCUT2D eigenvalue weighted by Crippen LogP contribution is -1.97.